The van der Waals surface area contributed by atoms with Gasteiger partial charge in [0.25, 0.3) is 0 Å². The van der Waals surface area contributed by atoms with Crippen LogP contribution in [0.2, 0.25) is 0 Å². The Hall–Kier alpha value is -7.82. The second kappa shape index (κ2) is 23.6. The minimum atomic E-state index is -0.968. The summed E-state index contributed by atoms with van der Waals surface area (Å²) in [4.78, 5) is 33.2. The number of pyridine rings is 2. The lowest BCUT2D eigenvalue weighted by Gasteiger charge is -2.23. The number of anilines is 2. The van der Waals surface area contributed by atoms with Gasteiger partial charge in [0.1, 0.15) is 11.5 Å². The Kier molecular flexibility index (Phi) is 16.4. The van der Waals surface area contributed by atoms with E-state index < -0.39 is 11.8 Å². The lowest BCUT2D eigenvalue weighted by atomic mass is 9.99. The second-order valence-electron chi connectivity index (χ2n) is 19.1. The molecule has 6 heterocycles. The van der Waals surface area contributed by atoms with Gasteiger partial charge in [-0.1, -0.05) is 31.2 Å². The minimum Gasteiger partial charge on any atom is -0.494 e. The van der Waals surface area contributed by atoms with E-state index in [-0.39, 0.29) is 28.7 Å². The van der Waals surface area contributed by atoms with E-state index in [4.69, 9.17) is 28.7 Å². The van der Waals surface area contributed by atoms with Crippen LogP contribution in [0.25, 0.3) is 33.8 Å². The number of carboxylic acid groups (broad SMARTS) is 1. The average molecular weight is 1020 g/mol. The van der Waals surface area contributed by atoms with Crippen molar-refractivity contribution in [1.29, 1.82) is 0 Å². The highest BCUT2D eigenvalue weighted by Crippen LogP contribution is 2.35. The van der Waals surface area contributed by atoms with E-state index in [0.717, 1.165) is 127 Å². The van der Waals surface area contributed by atoms with Crippen LogP contribution in [0, 0.1) is 37.3 Å². The molecule has 14 nitrogen and oxygen atoms in total. The number of fused-ring (bicyclic) bond motifs is 2. The van der Waals surface area contributed by atoms with Crippen LogP contribution < -0.4 is 24.8 Å². The second-order valence-corrected chi connectivity index (χ2v) is 19.1. The number of imidazole rings is 2. The SMILES string of the molecule is CCC(=O)c1ccc(-c2cnc3c(NCC4CCOCC4)cc(Cc4ccc(OC)c(F)c4)cn23)cc1C.COc1ccc(Oc2cc(NCC3CCOCC3)c3ncc(-c4ccc(C(=O)O)c(C)c4)n3c2)cc1F. The number of aromatic carboxylic acids is 1. The molecule has 0 amide bonds. The van der Waals surface area contributed by atoms with E-state index in [0.29, 0.717) is 47.4 Å². The summed E-state index contributed by atoms with van der Waals surface area (Å²) < 4.78 is 59.8. The monoisotopic (exact) mass is 1020 g/mol. The van der Waals surface area contributed by atoms with Gasteiger partial charge in [0.15, 0.2) is 40.2 Å². The average Bonchev–Trinajstić information content (AvgIpc) is 4.08. The number of nitrogens with zero attached hydrogens (tertiary/aromatic N) is 4. The van der Waals surface area contributed by atoms with E-state index in [9.17, 15) is 23.5 Å². The van der Waals surface area contributed by atoms with Gasteiger partial charge in [-0.3, -0.25) is 13.6 Å². The molecule has 4 aromatic carbocycles. The van der Waals surface area contributed by atoms with Gasteiger partial charge in [0.2, 0.25) is 0 Å². The molecule has 0 saturated carbocycles. The topological polar surface area (TPSA) is 159 Å². The van der Waals surface area contributed by atoms with E-state index in [1.165, 1.54) is 32.4 Å². The van der Waals surface area contributed by atoms with Gasteiger partial charge < -0.3 is 39.4 Å². The summed E-state index contributed by atoms with van der Waals surface area (Å²) >= 11 is 0. The summed E-state index contributed by atoms with van der Waals surface area (Å²) in [7, 11) is 2.88. The molecule has 2 fully saturated rings. The fourth-order valence-corrected chi connectivity index (χ4v) is 9.75. The molecule has 10 rings (SSSR count). The van der Waals surface area contributed by atoms with Crippen molar-refractivity contribution < 1.29 is 47.2 Å². The number of carboxylic acids is 1. The molecular formula is C59H62F2N6O8. The van der Waals surface area contributed by atoms with Crippen molar-refractivity contribution in [3.63, 3.8) is 0 Å². The summed E-state index contributed by atoms with van der Waals surface area (Å²) in [6.07, 6.45) is 12.6. The number of carbonyl (C=O) groups excluding carboxylic acids is 1. The Balaban J connectivity index is 0.000000184. The van der Waals surface area contributed by atoms with Crippen LogP contribution >= 0.6 is 0 Å². The van der Waals surface area contributed by atoms with Crippen LogP contribution in [-0.2, 0) is 15.9 Å². The molecule has 3 N–H and O–H groups in total. The number of halogens is 2. The summed E-state index contributed by atoms with van der Waals surface area (Å²) in [5.41, 5.74) is 11.3. The molecule has 0 bridgehead atoms. The normalized spacial score (nSPS) is 14.1. The number of nitrogens with one attached hydrogen (secondary N) is 2. The molecule has 390 valence electrons. The third-order valence-corrected chi connectivity index (χ3v) is 14.0. The first-order valence-electron chi connectivity index (χ1n) is 25.4. The maximum Gasteiger partial charge on any atom is 0.335 e. The lowest BCUT2D eigenvalue weighted by Crippen LogP contribution is -2.22. The molecule has 0 atom stereocenters. The molecule has 2 aliphatic heterocycles. The molecule has 0 unspecified atom stereocenters. The number of benzene rings is 4. The minimum absolute atomic E-state index is 0.138. The third kappa shape index (κ3) is 12.1. The predicted molar refractivity (Wildman–Crippen MR) is 285 cm³/mol. The Morgan fingerprint density at radius 1 is 0.653 bits per heavy atom. The molecule has 2 saturated heterocycles. The zero-order valence-corrected chi connectivity index (χ0v) is 42.9. The first kappa shape index (κ1) is 52.1. The Labute approximate surface area is 434 Å². The fourth-order valence-electron chi connectivity index (χ4n) is 9.75. The standard InChI is InChI=1S/C31H34FN3O3.C28H28FN3O5/c1-4-29(36)25-7-6-24(13-20(25)2)28-18-34-31-27(33-17-21-9-11-38-12-10-21)16-23(19-35(28)31)14-22-5-8-30(37-3)26(32)15-22;1-17-11-19(3-5-22(17)28(33)34)25-15-31-27-24(30-14-18-7-9-36-10-8-18)13-21(16-32(25)27)37-20-4-6-26(35-2)23(29)12-20/h5-8,13,15-16,18-19,21,33H,4,9-12,14,17H2,1-3H3;3-6,11-13,15-16,18,30H,7-10,14H2,1-2H3,(H,33,34). The van der Waals surface area contributed by atoms with Crippen molar-refractivity contribution in [2.45, 2.75) is 59.3 Å². The molecular weight excluding hydrogens is 959 g/mol. The van der Waals surface area contributed by atoms with E-state index in [1.807, 2.05) is 60.8 Å². The van der Waals surface area contributed by atoms with Crippen molar-refractivity contribution in [2.75, 3.05) is 64.4 Å². The van der Waals surface area contributed by atoms with Crippen LogP contribution in [0.5, 0.6) is 23.0 Å². The van der Waals surface area contributed by atoms with Crippen molar-refractivity contribution in [3.8, 4) is 45.5 Å². The Bertz CT molecular complexity index is 3340. The molecule has 4 aromatic heterocycles. The van der Waals surface area contributed by atoms with Crippen LogP contribution in [0.4, 0.5) is 20.2 Å². The molecule has 2 aliphatic rings. The van der Waals surface area contributed by atoms with Gasteiger partial charge in [0, 0.05) is 81.0 Å². The van der Waals surface area contributed by atoms with Gasteiger partial charge >= 0.3 is 5.97 Å². The van der Waals surface area contributed by atoms with Gasteiger partial charge in [-0.05, 0) is 129 Å². The molecule has 75 heavy (non-hydrogen) atoms. The summed E-state index contributed by atoms with van der Waals surface area (Å²) in [5, 5.41) is 16.6. The number of ketones is 1. The molecule has 0 aliphatic carbocycles. The van der Waals surface area contributed by atoms with Gasteiger partial charge in [-0.2, -0.15) is 0 Å². The highest BCUT2D eigenvalue weighted by Gasteiger charge is 2.21. The number of hydrogen-bond donors (Lipinski definition) is 3. The van der Waals surface area contributed by atoms with Crippen LogP contribution in [0.3, 0.4) is 0 Å². The quantitative estimate of drug-likeness (QED) is 0.0742. The largest absolute Gasteiger partial charge is 0.494 e. The molecule has 16 heteroatoms. The van der Waals surface area contributed by atoms with Crippen molar-refractivity contribution in [3.05, 3.63) is 155 Å². The van der Waals surface area contributed by atoms with Crippen LogP contribution in [-0.4, -0.2) is 89.4 Å². The number of aromatic nitrogens is 4. The number of hydrogen-bond acceptors (Lipinski definition) is 11. The number of methoxy groups -OCH3 is 2. The number of rotatable bonds is 17. The van der Waals surface area contributed by atoms with Crippen LogP contribution in [0.1, 0.15) is 82.0 Å². The van der Waals surface area contributed by atoms with Gasteiger partial charge in [0.05, 0.1) is 61.1 Å². The number of Topliss-reactive ketones (excluding diaryl/α,β-unsaturated/α-hetero) is 1. The summed E-state index contributed by atoms with van der Waals surface area (Å²) in [5.74, 6) is 0.504. The van der Waals surface area contributed by atoms with E-state index in [2.05, 4.69) is 32.3 Å². The maximum absolute atomic E-state index is 14.4. The molecule has 0 radical (unpaired) electrons. The van der Waals surface area contributed by atoms with Gasteiger partial charge in [-0.25, -0.2) is 23.5 Å². The number of aryl methyl sites for hydroxylation is 2. The van der Waals surface area contributed by atoms with E-state index in [1.54, 1.807) is 43.6 Å². The zero-order chi connectivity index (χ0) is 52.6. The smallest absolute Gasteiger partial charge is 0.335 e. The lowest BCUT2D eigenvalue weighted by molar-refractivity contribution is 0.0693. The van der Waals surface area contributed by atoms with Gasteiger partial charge in [-0.15, -0.1) is 0 Å². The molecule has 0 spiro atoms. The first-order chi connectivity index (χ1) is 36.4. The highest BCUT2D eigenvalue weighted by atomic mass is 19.1. The highest BCUT2D eigenvalue weighted by molar-refractivity contribution is 5.97. The number of ether oxygens (including phenoxy) is 5. The number of carbonyl (C=O) groups is 2. The van der Waals surface area contributed by atoms with E-state index >= 15 is 0 Å². The Morgan fingerprint density at radius 3 is 1.71 bits per heavy atom. The van der Waals surface area contributed by atoms with Crippen molar-refractivity contribution in [2.24, 2.45) is 11.8 Å². The van der Waals surface area contributed by atoms with Crippen LogP contribution in [0.15, 0.2) is 110 Å². The summed E-state index contributed by atoms with van der Waals surface area (Å²) in [6.45, 7) is 10.3. The summed E-state index contributed by atoms with van der Waals surface area (Å²) in [6, 6.07) is 24.6. The zero-order valence-electron chi connectivity index (χ0n) is 42.9. The predicted octanol–water partition coefficient (Wildman–Crippen LogP) is 12.3. The fraction of sp³-hybridized carbons (Fsp3) is 0.322. The maximum atomic E-state index is 14.4. The Morgan fingerprint density at radius 2 is 1.19 bits per heavy atom. The van der Waals surface area contributed by atoms with Crippen molar-refractivity contribution in [1.82, 2.24) is 18.8 Å². The first-order valence-corrected chi connectivity index (χ1v) is 25.4. The third-order valence-electron chi connectivity index (χ3n) is 14.0. The molecule has 8 aromatic rings. The van der Waals surface area contributed by atoms with Crippen molar-refractivity contribution >= 4 is 34.4 Å².